The van der Waals surface area contributed by atoms with E-state index in [1.54, 1.807) is 11.9 Å². The van der Waals surface area contributed by atoms with Gasteiger partial charge in [0.2, 0.25) is 0 Å². The third-order valence-electron chi connectivity index (χ3n) is 3.15. The van der Waals surface area contributed by atoms with Gasteiger partial charge in [0.25, 0.3) is 5.91 Å². The van der Waals surface area contributed by atoms with Gasteiger partial charge in [-0.25, -0.2) is 0 Å². The van der Waals surface area contributed by atoms with Crippen molar-refractivity contribution >= 4 is 34.0 Å². The minimum absolute atomic E-state index is 0.0623. The quantitative estimate of drug-likeness (QED) is 0.691. The Labute approximate surface area is 98.4 Å². The summed E-state index contributed by atoms with van der Waals surface area (Å²) in [5.41, 5.74) is 2.83. The molecule has 0 saturated heterocycles. The van der Waals surface area contributed by atoms with Gasteiger partial charge in [-0.3, -0.25) is 4.79 Å². The maximum atomic E-state index is 12.0. The van der Waals surface area contributed by atoms with Gasteiger partial charge < -0.3 is 4.90 Å². The van der Waals surface area contributed by atoms with Gasteiger partial charge in [0.05, 0.1) is 5.69 Å². The number of anilines is 1. The number of nitrogens with zero attached hydrogens (tertiary/aromatic N) is 1. The molecule has 3 heteroatoms. The summed E-state index contributed by atoms with van der Waals surface area (Å²) in [5.74, 6) is 0.533. The Morgan fingerprint density at radius 1 is 1.25 bits per heavy atom. The fourth-order valence-corrected chi connectivity index (χ4v) is 2.55. The molecule has 0 radical (unpaired) electrons. The number of benzene rings is 2. The van der Waals surface area contributed by atoms with Gasteiger partial charge in [0.1, 0.15) is 0 Å². The van der Waals surface area contributed by atoms with E-state index >= 15 is 0 Å². The molecule has 0 bridgehead atoms. The number of hydrogen-bond acceptors (Lipinski definition) is 1. The number of carbonyl (C=O) groups excluding carboxylic acids is 1. The van der Waals surface area contributed by atoms with Crippen LogP contribution < -0.4 is 4.90 Å². The van der Waals surface area contributed by atoms with Gasteiger partial charge in [-0.1, -0.05) is 18.2 Å². The van der Waals surface area contributed by atoms with Gasteiger partial charge >= 0.3 is 0 Å². The van der Waals surface area contributed by atoms with E-state index in [1.165, 1.54) is 0 Å². The zero-order valence-electron chi connectivity index (χ0n) is 8.83. The molecular formula is C13H10ClNO. The Hall–Kier alpha value is -1.54. The van der Waals surface area contributed by atoms with E-state index in [0.29, 0.717) is 5.88 Å². The number of alkyl halides is 1. The summed E-state index contributed by atoms with van der Waals surface area (Å²) in [7, 11) is 1.80. The average molecular weight is 232 g/mol. The van der Waals surface area contributed by atoms with Crippen molar-refractivity contribution in [2.75, 3.05) is 11.9 Å². The van der Waals surface area contributed by atoms with Crippen LogP contribution in [0, 0.1) is 0 Å². The summed E-state index contributed by atoms with van der Waals surface area (Å²) in [5, 5.41) is 2.12. The largest absolute Gasteiger partial charge is 0.311 e. The first-order valence-electron chi connectivity index (χ1n) is 5.12. The lowest BCUT2D eigenvalue weighted by Crippen LogP contribution is -2.20. The summed E-state index contributed by atoms with van der Waals surface area (Å²) in [4.78, 5) is 13.7. The number of carbonyl (C=O) groups is 1. The number of hydrogen-bond donors (Lipinski definition) is 0. The van der Waals surface area contributed by atoms with Crippen molar-refractivity contribution in [1.29, 1.82) is 0 Å². The van der Waals surface area contributed by atoms with E-state index in [1.807, 2.05) is 30.3 Å². The van der Waals surface area contributed by atoms with Crippen molar-refractivity contribution in [1.82, 2.24) is 0 Å². The smallest absolute Gasteiger partial charge is 0.258 e. The van der Waals surface area contributed by atoms with Gasteiger partial charge in [-0.05, 0) is 23.1 Å². The number of halogens is 1. The Balaban J connectivity index is 2.49. The molecule has 16 heavy (non-hydrogen) atoms. The van der Waals surface area contributed by atoms with E-state index < -0.39 is 0 Å². The fourth-order valence-electron chi connectivity index (χ4n) is 2.31. The lowest BCUT2D eigenvalue weighted by molar-refractivity contribution is 0.0999. The Bertz CT molecular complexity index is 606. The molecule has 0 saturated carbocycles. The first kappa shape index (κ1) is 9.67. The lowest BCUT2D eigenvalue weighted by Gasteiger charge is -2.10. The Morgan fingerprint density at radius 2 is 2.06 bits per heavy atom. The predicted molar refractivity (Wildman–Crippen MR) is 66.2 cm³/mol. The molecule has 0 unspecified atom stereocenters. The molecule has 2 nitrogen and oxygen atoms in total. The zero-order chi connectivity index (χ0) is 11.3. The molecular weight excluding hydrogens is 222 g/mol. The van der Waals surface area contributed by atoms with Crippen LogP contribution in [0.3, 0.4) is 0 Å². The van der Waals surface area contributed by atoms with Crippen LogP contribution in [0.4, 0.5) is 5.69 Å². The summed E-state index contributed by atoms with van der Waals surface area (Å²) >= 11 is 5.91. The topological polar surface area (TPSA) is 20.3 Å². The molecule has 3 rings (SSSR count). The van der Waals surface area contributed by atoms with Crippen LogP contribution in [0.2, 0.25) is 0 Å². The SMILES string of the molecule is CN1C(=O)c2cccc3c(CCl)ccc1c23. The van der Waals surface area contributed by atoms with E-state index in [4.69, 9.17) is 11.6 Å². The van der Waals surface area contributed by atoms with Crippen LogP contribution in [-0.4, -0.2) is 13.0 Å². The van der Waals surface area contributed by atoms with E-state index in [-0.39, 0.29) is 5.91 Å². The molecule has 0 N–H and O–H groups in total. The minimum atomic E-state index is 0.0623. The van der Waals surface area contributed by atoms with Gasteiger partial charge in [0, 0.05) is 23.9 Å². The van der Waals surface area contributed by atoms with Crippen molar-refractivity contribution < 1.29 is 4.79 Å². The molecule has 80 valence electrons. The van der Waals surface area contributed by atoms with Crippen molar-refractivity contribution in [2.45, 2.75) is 5.88 Å². The minimum Gasteiger partial charge on any atom is -0.311 e. The molecule has 1 aliphatic rings. The van der Waals surface area contributed by atoms with Crippen molar-refractivity contribution in [3.8, 4) is 0 Å². The van der Waals surface area contributed by atoms with Crippen molar-refractivity contribution in [3.05, 3.63) is 41.5 Å². The molecule has 2 aromatic rings. The molecule has 0 aromatic heterocycles. The number of amides is 1. The van der Waals surface area contributed by atoms with Crippen LogP contribution in [0.15, 0.2) is 30.3 Å². The van der Waals surface area contributed by atoms with Crippen LogP contribution in [0.1, 0.15) is 15.9 Å². The maximum Gasteiger partial charge on any atom is 0.258 e. The third kappa shape index (κ3) is 1.05. The highest BCUT2D eigenvalue weighted by molar-refractivity contribution is 6.26. The van der Waals surface area contributed by atoms with Gasteiger partial charge in [-0.2, -0.15) is 0 Å². The molecule has 1 aliphatic heterocycles. The van der Waals surface area contributed by atoms with Crippen LogP contribution in [-0.2, 0) is 5.88 Å². The highest BCUT2D eigenvalue weighted by Crippen LogP contribution is 2.38. The van der Waals surface area contributed by atoms with Gasteiger partial charge in [0.15, 0.2) is 0 Å². The van der Waals surface area contributed by atoms with Crippen LogP contribution in [0.5, 0.6) is 0 Å². The fraction of sp³-hybridized carbons (Fsp3) is 0.154. The van der Waals surface area contributed by atoms with Crippen LogP contribution >= 0.6 is 11.6 Å². The average Bonchev–Trinajstić information content (AvgIpc) is 2.57. The maximum absolute atomic E-state index is 12.0. The summed E-state index contributed by atoms with van der Waals surface area (Å²) in [6, 6.07) is 9.76. The second-order valence-corrected chi connectivity index (χ2v) is 4.24. The predicted octanol–water partition coefficient (Wildman–Crippen LogP) is 3.17. The summed E-state index contributed by atoms with van der Waals surface area (Å²) in [6.45, 7) is 0. The number of rotatable bonds is 1. The van der Waals surface area contributed by atoms with Crippen molar-refractivity contribution in [3.63, 3.8) is 0 Å². The summed E-state index contributed by atoms with van der Waals surface area (Å²) in [6.07, 6.45) is 0. The zero-order valence-corrected chi connectivity index (χ0v) is 9.58. The van der Waals surface area contributed by atoms with E-state index in [9.17, 15) is 4.79 Å². The second kappa shape index (κ2) is 3.22. The second-order valence-electron chi connectivity index (χ2n) is 3.97. The van der Waals surface area contributed by atoms with E-state index in [2.05, 4.69) is 0 Å². The van der Waals surface area contributed by atoms with Gasteiger partial charge in [-0.15, -0.1) is 11.6 Å². The first-order valence-corrected chi connectivity index (χ1v) is 5.66. The van der Waals surface area contributed by atoms with Crippen molar-refractivity contribution in [2.24, 2.45) is 0 Å². The monoisotopic (exact) mass is 231 g/mol. The first-order chi connectivity index (χ1) is 7.74. The Morgan fingerprint density at radius 3 is 2.81 bits per heavy atom. The molecule has 1 amide bonds. The normalized spacial score (nSPS) is 13.9. The molecule has 2 aromatic carbocycles. The highest BCUT2D eigenvalue weighted by Gasteiger charge is 2.27. The molecule has 1 heterocycles. The van der Waals surface area contributed by atoms with E-state index in [0.717, 1.165) is 27.6 Å². The highest BCUT2D eigenvalue weighted by atomic mass is 35.5. The molecule has 0 fully saturated rings. The lowest BCUT2D eigenvalue weighted by atomic mass is 10.0. The van der Waals surface area contributed by atoms with Crippen LogP contribution in [0.25, 0.3) is 10.8 Å². The third-order valence-corrected chi connectivity index (χ3v) is 3.44. The standard InChI is InChI=1S/C13H10ClNO/c1-15-11-6-5-8(7-14)9-3-2-4-10(12(9)11)13(15)16/h2-6H,7H2,1H3. The molecule has 0 aliphatic carbocycles. The summed E-state index contributed by atoms with van der Waals surface area (Å²) < 4.78 is 0. The molecule has 0 spiro atoms. The Kier molecular flexibility index (Phi) is 1.95. The molecule has 0 atom stereocenters.